The van der Waals surface area contributed by atoms with Gasteiger partial charge >= 0.3 is 0 Å². The van der Waals surface area contributed by atoms with Crippen LogP contribution < -0.4 is 0 Å². The summed E-state index contributed by atoms with van der Waals surface area (Å²) in [6, 6.07) is 0. The molecular weight excluding hydrogens is 176 g/mol. The average molecular weight is 194 g/mol. The molecule has 72 valence electrons. The highest BCUT2D eigenvalue weighted by Crippen LogP contribution is 2.60. The summed E-state index contributed by atoms with van der Waals surface area (Å²) < 4.78 is 0. The topological polar surface area (TPSA) is 0 Å². The summed E-state index contributed by atoms with van der Waals surface area (Å²) >= 11 is 2.20. The van der Waals surface area contributed by atoms with Crippen LogP contribution in [0.5, 0.6) is 0 Å². The molecule has 0 aromatic rings. The maximum absolute atomic E-state index is 2.33. The minimum Gasteiger partial charge on any atom is -0.161 e. The van der Waals surface area contributed by atoms with Crippen LogP contribution in [0.1, 0.15) is 26.7 Å². The van der Waals surface area contributed by atoms with Crippen LogP contribution in [0.3, 0.4) is 0 Å². The zero-order valence-electron chi connectivity index (χ0n) is 8.55. The number of fused-ring (bicyclic) bond motifs is 5. The largest absolute Gasteiger partial charge is 0.161 e. The first-order valence-electron chi connectivity index (χ1n) is 5.54. The molecule has 3 aliphatic rings. The SMILES string of the molecule is CC(C)=C1[C@H]2CC[C@@H]1[C@H]1CSC[C@@H]12. The van der Waals surface area contributed by atoms with E-state index in [4.69, 9.17) is 0 Å². The highest BCUT2D eigenvalue weighted by molar-refractivity contribution is 7.99. The van der Waals surface area contributed by atoms with Gasteiger partial charge in [0.05, 0.1) is 0 Å². The molecule has 0 aromatic carbocycles. The molecule has 0 nitrogen and oxygen atoms in total. The van der Waals surface area contributed by atoms with Crippen molar-refractivity contribution in [1.82, 2.24) is 0 Å². The normalized spacial score (nSPS) is 47.1. The van der Waals surface area contributed by atoms with Crippen molar-refractivity contribution in [2.24, 2.45) is 23.7 Å². The molecule has 1 heterocycles. The molecule has 2 aliphatic carbocycles. The van der Waals surface area contributed by atoms with E-state index in [0.29, 0.717) is 0 Å². The van der Waals surface area contributed by atoms with Crippen LogP contribution in [0.15, 0.2) is 11.1 Å². The van der Waals surface area contributed by atoms with Crippen molar-refractivity contribution >= 4 is 11.8 Å². The Morgan fingerprint density at radius 1 is 1.08 bits per heavy atom. The number of thioether (sulfide) groups is 1. The second-order valence-corrected chi connectivity index (χ2v) is 6.19. The van der Waals surface area contributed by atoms with E-state index >= 15 is 0 Å². The summed E-state index contributed by atoms with van der Waals surface area (Å²) in [5.41, 5.74) is 3.53. The molecule has 0 amide bonds. The molecule has 4 atom stereocenters. The summed E-state index contributed by atoms with van der Waals surface area (Å²) in [4.78, 5) is 0. The molecule has 0 spiro atoms. The Morgan fingerprint density at radius 2 is 1.62 bits per heavy atom. The van der Waals surface area contributed by atoms with Gasteiger partial charge in [-0.25, -0.2) is 0 Å². The van der Waals surface area contributed by atoms with Gasteiger partial charge in [-0.15, -0.1) is 0 Å². The Hall–Kier alpha value is 0.0900. The Morgan fingerprint density at radius 3 is 2.08 bits per heavy atom. The van der Waals surface area contributed by atoms with Crippen molar-refractivity contribution < 1.29 is 0 Å². The van der Waals surface area contributed by atoms with E-state index < -0.39 is 0 Å². The van der Waals surface area contributed by atoms with Gasteiger partial charge in [-0.3, -0.25) is 0 Å². The van der Waals surface area contributed by atoms with E-state index in [1.54, 1.807) is 5.57 Å². The molecule has 2 bridgehead atoms. The minimum absolute atomic E-state index is 1.01. The first kappa shape index (κ1) is 8.40. The molecule has 1 heteroatoms. The van der Waals surface area contributed by atoms with Gasteiger partial charge < -0.3 is 0 Å². The van der Waals surface area contributed by atoms with Crippen LogP contribution in [0.2, 0.25) is 0 Å². The monoisotopic (exact) mass is 194 g/mol. The summed E-state index contributed by atoms with van der Waals surface area (Å²) in [5.74, 6) is 7.10. The minimum atomic E-state index is 1.01. The molecule has 13 heavy (non-hydrogen) atoms. The predicted molar refractivity (Wildman–Crippen MR) is 58.9 cm³/mol. The lowest BCUT2D eigenvalue weighted by Crippen LogP contribution is -2.19. The number of rotatable bonds is 0. The first-order chi connectivity index (χ1) is 6.29. The molecule has 3 rings (SSSR count). The number of hydrogen-bond acceptors (Lipinski definition) is 1. The fourth-order valence-corrected chi connectivity index (χ4v) is 5.63. The second kappa shape index (κ2) is 2.79. The lowest BCUT2D eigenvalue weighted by atomic mass is 9.82. The predicted octanol–water partition coefficient (Wildman–Crippen LogP) is 3.34. The fourth-order valence-electron chi connectivity index (χ4n) is 3.99. The van der Waals surface area contributed by atoms with Crippen LogP contribution in [0, 0.1) is 23.7 Å². The number of hydrogen-bond donors (Lipinski definition) is 0. The molecule has 1 aliphatic heterocycles. The first-order valence-corrected chi connectivity index (χ1v) is 6.69. The van der Waals surface area contributed by atoms with Gasteiger partial charge in [0, 0.05) is 0 Å². The Bertz CT molecular complexity index is 242. The van der Waals surface area contributed by atoms with E-state index in [1.165, 1.54) is 24.3 Å². The second-order valence-electron chi connectivity index (χ2n) is 5.11. The van der Waals surface area contributed by atoms with Crippen LogP contribution in [0.4, 0.5) is 0 Å². The van der Waals surface area contributed by atoms with Crippen molar-refractivity contribution in [3.8, 4) is 0 Å². The van der Waals surface area contributed by atoms with Gasteiger partial charge in [-0.05, 0) is 61.9 Å². The molecule has 0 N–H and O–H groups in total. The highest BCUT2D eigenvalue weighted by atomic mass is 32.2. The maximum atomic E-state index is 2.33. The Kier molecular flexibility index (Phi) is 1.80. The Balaban J connectivity index is 2.01. The summed E-state index contributed by atoms with van der Waals surface area (Å²) in [6.45, 7) is 4.66. The van der Waals surface area contributed by atoms with Crippen molar-refractivity contribution in [3.05, 3.63) is 11.1 Å². The standard InChI is InChI=1S/C12H18S/c1-7(2)12-8-3-4-9(12)11-6-13-5-10(8)11/h8-11H,3-6H2,1-2H3/t8-,9+,10-,11-/m1/s1. The lowest BCUT2D eigenvalue weighted by Gasteiger charge is -2.22. The summed E-state index contributed by atoms with van der Waals surface area (Å²) in [7, 11) is 0. The quantitative estimate of drug-likeness (QED) is 0.533. The third kappa shape index (κ3) is 1.000. The van der Waals surface area contributed by atoms with Crippen molar-refractivity contribution in [2.45, 2.75) is 26.7 Å². The van der Waals surface area contributed by atoms with E-state index in [2.05, 4.69) is 25.6 Å². The zero-order chi connectivity index (χ0) is 9.00. The van der Waals surface area contributed by atoms with Crippen LogP contribution in [0.25, 0.3) is 0 Å². The van der Waals surface area contributed by atoms with Gasteiger partial charge in [-0.1, -0.05) is 11.1 Å². The third-order valence-corrected chi connectivity index (χ3v) is 5.61. The number of allylic oxidation sites excluding steroid dienone is 2. The van der Waals surface area contributed by atoms with Crippen molar-refractivity contribution in [2.75, 3.05) is 11.5 Å². The highest BCUT2D eigenvalue weighted by Gasteiger charge is 2.52. The van der Waals surface area contributed by atoms with Crippen LogP contribution in [-0.4, -0.2) is 11.5 Å². The molecule has 1 saturated heterocycles. The smallest absolute Gasteiger partial charge is 0.00301 e. The van der Waals surface area contributed by atoms with Crippen LogP contribution in [-0.2, 0) is 0 Å². The van der Waals surface area contributed by atoms with Gasteiger partial charge in [0.25, 0.3) is 0 Å². The molecular formula is C12H18S. The summed E-state index contributed by atoms with van der Waals surface area (Å²) in [5, 5.41) is 0. The molecule has 0 aromatic heterocycles. The average Bonchev–Trinajstić information content (AvgIpc) is 2.75. The molecule has 0 unspecified atom stereocenters. The molecule has 2 saturated carbocycles. The van der Waals surface area contributed by atoms with Crippen LogP contribution >= 0.6 is 11.8 Å². The van der Waals surface area contributed by atoms with E-state index in [-0.39, 0.29) is 0 Å². The fraction of sp³-hybridized carbons (Fsp3) is 0.833. The molecule has 3 fully saturated rings. The Labute approximate surface area is 85.2 Å². The van der Waals surface area contributed by atoms with Crippen molar-refractivity contribution in [3.63, 3.8) is 0 Å². The van der Waals surface area contributed by atoms with E-state index in [0.717, 1.165) is 23.7 Å². The van der Waals surface area contributed by atoms with Crippen molar-refractivity contribution in [1.29, 1.82) is 0 Å². The lowest BCUT2D eigenvalue weighted by molar-refractivity contribution is 0.281. The molecule has 0 radical (unpaired) electrons. The maximum Gasteiger partial charge on any atom is -0.00301 e. The van der Waals surface area contributed by atoms with E-state index in [9.17, 15) is 0 Å². The summed E-state index contributed by atoms with van der Waals surface area (Å²) in [6.07, 6.45) is 3.01. The van der Waals surface area contributed by atoms with Gasteiger partial charge in [0.2, 0.25) is 0 Å². The van der Waals surface area contributed by atoms with Gasteiger partial charge in [-0.2, -0.15) is 11.8 Å². The third-order valence-electron chi connectivity index (χ3n) is 4.37. The zero-order valence-corrected chi connectivity index (χ0v) is 9.36. The van der Waals surface area contributed by atoms with Gasteiger partial charge in [0.1, 0.15) is 0 Å². The van der Waals surface area contributed by atoms with E-state index in [1.807, 2.05) is 5.57 Å². The van der Waals surface area contributed by atoms with Gasteiger partial charge in [0.15, 0.2) is 0 Å².